The number of hydrogen-bond acceptors (Lipinski definition) is 5. The van der Waals surface area contributed by atoms with Crippen molar-refractivity contribution in [2.75, 3.05) is 19.1 Å². The van der Waals surface area contributed by atoms with Gasteiger partial charge in [-0.2, -0.15) is 15.2 Å². The molecule has 4 aromatic rings. The summed E-state index contributed by atoms with van der Waals surface area (Å²) in [5, 5.41) is 10.6. The first kappa shape index (κ1) is 24.4. The Balaban J connectivity index is 1.64. The molecule has 37 heavy (non-hydrogen) atoms. The Kier molecular flexibility index (Phi) is 6.32. The normalized spacial score (nSPS) is 15.0. The third kappa shape index (κ3) is 4.62. The Morgan fingerprint density at radius 1 is 0.865 bits per heavy atom. The number of amides is 1. The highest BCUT2D eigenvalue weighted by molar-refractivity contribution is 7.89. The van der Waals surface area contributed by atoms with Crippen LogP contribution in [0, 0.1) is 0 Å². The minimum atomic E-state index is -3.64. The fourth-order valence-electron chi connectivity index (χ4n) is 4.03. The van der Waals surface area contributed by atoms with Crippen LogP contribution in [0.3, 0.4) is 0 Å². The average Bonchev–Trinajstić information content (AvgIpc) is 3.46. The largest absolute Gasteiger partial charge is 0.280 e. The minimum Gasteiger partial charge on any atom is -0.267 e. The SMILES string of the molecule is CC1=NN(c2ccccc2)C(=O)/C1=C\c1cn(-c2ccccc2)nc1-c1cccc(S(=O)(=O)N(C)C)c1. The molecule has 0 fully saturated rings. The van der Waals surface area contributed by atoms with E-state index in [1.54, 1.807) is 35.9 Å². The van der Waals surface area contributed by atoms with Gasteiger partial charge in [0.05, 0.1) is 27.6 Å². The van der Waals surface area contributed by atoms with Gasteiger partial charge in [-0.05, 0) is 49.4 Å². The third-order valence-electron chi connectivity index (χ3n) is 6.01. The number of carbonyl (C=O) groups is 1. The van der Waals surface area contributed by atoms with Gasteiger partial charge in [-0.15, -0.1) is 0 Å². The molecule has 1 aliphatic heterocycles. The molecule has 2 heterocycles. The van der Waals surface area contributed by atoms with Gasteiger partial charge in [-0.3, -0.25) is 4.79 Å². The number of sulfonamides is 1. The van der Waals surface area contributed by atoms with Crippen LogP contribution in [-0.4, -0.2) is 48.2 Å². The first-order chi connectivity index (χ1) is 17.8. The molecule has 0 atom stereocenters. The van der Waals surface area contributed by atoms with Crippen LogP contribution in [0.2, 0.25) is 0 Å². The molecule has 0 unspecified atom stereocenters. The molecular formula is C28H25N5O3S. The van der Waals surface area contributed by atoms with E-state index in [0.717, 1.165) is 5.69 Å². The van der Waals surface area contributed by atoms with E-state index in [-0.39, 0.29) is 10.8 Å². The van der Waals surface area contributed by atoms with E-state index in [1.165, 1.54) is 23.4 Å². The lowest BCUT2D eigenvalue weighted by molar-refractivity contribution is -0.114. The maximum absolute atomic E-state index is 13.3. The zero-order valence-electron chi connectivity index (χ0n) is 20.6. The number of rotatable bonds is 6. The Bertz CT molecular complexity index is 1640. The molecule has 0 radical (unpaired) electrons. The van der Waals surface area contributed by atoms with Gasteiger partial charge in [0.2, 0.25) is 10.0 Å². The van der Waals surface area contributed by atoms with Gasteiger partial charge in [0, 0.05) is 31.4 Å². The van der Waals surface area contributed by atoms with Gasteiger partial charge in [-0.1, -0.05) is 48.5 Å². The van der Waals surface area contributed by atoms with Crippen LogP contribution in [0.1, 0.15) is 12.5 Å². The number of para-hydroxylation sites is 2. The summed E-state index contributed by atoms with van der Waals surface area (Å²) in [6.45, 7) is 1.79. The average molecular weight is 512 g/mol. The first-order valence-electron chi connectivity index (χ1n) is 11.6. The quantitative estimate of drug-likeness (QED) is 0.354. The second kappa shape index (κ2) is 9.61. The summed E-state index contributed by atoms with van der Waals surface area (Å²) in [5.41, 5.74) is 4.36. The Labute approximate surface area is 215 Å². The lowest BCUT2D eigenvalue weighted by Gasteiger charge is -2.12. The number of aromatic nitrogens is 2. The van der Waals surface area contributed by atoms with E-state index >= 15 is 0 Å². The van der Waals surface area contributed by atoms with E-state index < -0.39 is 10.0 Å². The first-order valence-corrected chi connectivity index (χ1v) is 13.0. The van der Waals surface area contributed by atoms with Crippen LogP contribution < -0.4 is 5.01 Å². The third-order valence-corrected chi connectivity index (χ3v) is 7.82. The number of nitrogens with zero attached hydrogens (tertiary/aromatic N) is 5. The van der Waals surface area contributed by atoms with Crippen LogP contribution >= 0.6 is 0 Å². The standard InChI is InChI=1S/C28H25N5O3S/c1-20-26(28(34)33(29-20)24-14-8-5-9-15-24)18-22-19-32(23-12-6-4-7-13-23)30-27(22)21-11-10-16-25(17-21)37(35,36)31(2)3/h4-19H,1-3H3/b26-18-. The predicted molar refractivity (Wildman–Crippen MR) is 145 cm³/mol. The maximum Gasteiger partial charge on any atom is 0.280 e. The van der Waals surface area contributed by atoms with E-state index in [2.05, 4.69) is 5.10 Å². The highest BCUT2D eigenvalue weighted by atomic mass is 32.2. The number of benzene rings is 3. The van der Waals surface area contributed by atoms with Crippen LogP contribution in [-0.2, 0) is 14.8 Å². The zero-order chi connectivity index (χ0) is 26.2. The van der Waals surface area contributed by atoms with Crippen molar-refractivity contribution in [3.05, 3.63) is 102 Å². The monoisotopic (exact) mass is 511 g/mol. The summed E-state index contributed by atoms with van der Waals surface area (Å²) < 4.78 is 28.5. The Hall–Kier alpha value is -4.34. The molecule has 0 saturated carbocycles. The molecule has 0 N–H and O–H groups in total. The van der Waals surface area contributed by atoms with E-state index in [0.29, 0.717) is 33.8 Å². The summed E-state index contributed by atoms with van der Waals surface area (Å²) in [6, 6.07) is 25.5. The fraction of sp³-hybridized carbons (Fsp3) is 0.107. The highest BCUT2D eigenvalue weighted by Crippen LogP contribution is 2.30. The van der Waals surface area contributed by atoms with Gasteiger partial charge < -0.3 is 0 Å². The van der Waals surface area contributed by atoms with Gasteiger partial charge >= 0.3 is 0 Å². The molecule has 8 nitrogen and oxygen atoms in total. The number of carbonyl (C=O) groups excluding carboxylic acids is 1. The van der Waals surface area contributed by atoms with Crippen molar-refractivity contribution in [2.45, 2.75) is 11.8 Å². The van der Waals surface area contributed by atoms with Crippen molar-refractivity contribution in [3.8, 4) is 16.9 Å². The smallest absolute Gasteiger partial charge is 0.267 e. The molecule has 0 aliphatic carbocycles. The van der Waals surface area contributed by atoms with Crippen molar-refractivity contribution < 1.29 is 13.2 Å². The van der Waals surface area contributed by atoms with Crippen LogP contribution in [0.15, 0.2) is 107 Å². The van der Waals surface area contributed by atoms with Crippen LogP contribution in [0.5, 0.6) is 0 Å². The Morgan fingerprint density at radius 2 is 1.51 bits per heavy atom. The molecule has 1 aromatic heterocycles. The van der Waals surface area contributed by atoms with Gasteiger partial charge in [0.1, 0.15) is 5.69 Å². The lowest BCUT2D eigenvalue weighted by atomic mass is 10.0. The fourth-order valence-corrected chi connectivity index (χ4v) is 4.98. The Morgan fingerprint density at radius 3 is 2.16 bits per heavy atom. The topological polar surface area (TPSA) is 87.9 Å². The summed E-state index contributed by atoms with van der Waals surface area (Å²) in [5.74, 6) is -0.244. The lowest BCUT2D eigenvalue weighted by Crippen LogP contribution is -2.22. The molecular weight excluding hydrogens is 486 g/mol. The molecule has 0 saturated heterocycles. The van der Waals surface area contributed by atoms with Crippen molar-refractivity contribution in [1.82, 2.24) is 14.1 Å². The van der Waals surface area contributed by atoms with Gasteiger partial charge in [0.25, 0.3) is 5.91 Å². The number of hydrogen-bond donors (Lipinski definition) is 0. The molecule has 186 valence electrons. The summed E-state index contributed by atoms with van der Waals surface area (Å²) in [4.78, 5) is 13.5. The van der Waals surface area contributed by atoms with E-state index in [9.17, 15) is 13.2 Å². The molecule has 5 rings (SSSR count). The van der Waals surface area contributed by atoms with Crippen molar-refractivity contribution in [2.24, 2.45) is 5.10 Å². The second-order valence-corrected chi connectivity index (χ2v) is 10.9. The molecule has 9 heteroatoms. The molecule has 1 amide bonds. The number of anilines is 1. The van der Waals surface area contributed by atoms with Crippen molar-refractivity contribution in [3.63, 3.8) is 0 Å². The highest BCUT2D eigenvalue weighted by Gasteiger charge is 2.29. The summed E-state index contributed by atoms with van der Waals surface area (Å²) in [6.07, 6.45) is 3.59. The van der Waals surface area contributed by atoms with Crippen LogP contribution in [0.4, 0.5) is 5.69 Å². The second-order valence-electron chi connectivity index (χ2n) is 8.72. The van der Waals surface area contributed by atoms with E-state index in [1.807, 2.05) is 72.9 Å². The summed E-state index contributed by atoms with van der Waals surface area (Å²) in [7, 11) is -0.651. The molecule has 3 aromatic carbocycles. The van der Waals surface area contributed by atoms with Gasteiger partial charge in [-0.25, -0.2) is 17.4 Å². The van der Waals surface area contributed by atoms with Crippen LogP contribution in [0.25, 0.3) is 23.0 Å². The van der Waals surface area contributed by atoms with Crippen molar-refractivity contribution >= 4 is 33.4 Å². The van der Waals surface area contributed by atoms with E-state index in [4.69, 9.17) is 5.10 Å². The molecule has 1 aliphatic rings. The number of hydrazone groups is 1. The zero-order valence-corrected chi connectivity index (χ0v) is 21.4. The van der Waals surface area contributed by atoms with Gasteiger partial charge in [0.15, 0.2) is 0 Å². The predicted octanol–water partition coefficient (Wildman–Crippen LogP) is 4.60. The molecule has 0 bridgehead atoms. The minimum absolute atomic E-state index is 0.160. The maximum atomic E-state index is 13.3. The summed E-state index contributed by atoms with van der Waals surface area (Å²) >= 11 is 0. The molecule has 0 spiro atoms. The van der Waals surface area contributed by atoms with Crippen molar-refractivity contribution in [1.29, 1.82) is 0 Å².